The number of aryl methyl sites for hydroxylation is 2. The Balaban J connectivity index is 1.27. The molecule has 5 rings (SSSR count). The standard InChI is InChI=1S/C25H26N4O6/c30-22-12-21(26-18-7-6-16-4-1-5-17(16)11-18)27-25(34)29(22)14-15-3-2-10-28(13-15)23(31)19-8-9-20(35-19)24(32)33/h6-9,11-12,15,26H,1-5,10,13-14H2,(H,27,34)(H,32,33). The number of aromatic amines is 1. The first-order chi connectivity index (χ1) is 16.9. The summed E-state index contributed by atoms with van der Waals surface area (Å²) in [4.78, 5) is 53.6. The summed E-state index contributed by atoms with van der Waals surface area (Å²) < 4.78 is 6.29. The van der Waals surface area contributed by atoms with E-state index in [9.17, 15) is 19.2 Å². The van der Waals surface area contributed by atoms with Crippen molar-refractivity contribution >= 4 is 23.4 Å². The van der Waals surface area contributed by atoms with E-state index in [0.717, 1.165) is 35.9 Å². The Labute approximate surface area is 200 Å². The van der Waals surface area contributed by atoms with E-state index in [2.05, 4.69) is 22.4 Å². The van der Waals surface area contributed by atoms with E-state index in [0.29, 0.717) is 25.3 Å². The number of hydrogen-bond donors (Lipinski definition) is 3. The van der Waals surface area contributed by atoms with Crippen LogP contribution in [0.15, 0.2) is 50.4 Å². The number of anilines is 2. The average molecular weight is 479 g/mol. The number of benzene rings is 1. The van der Waals surface area contributed by atoms with Crippen LogP contribution in [0.2, 0.25) is 0 Å². The van der Waals surface area contributed by atoms with Gasteiger partial charge in [-0.3, -0.25) is 19.1 Å². The van der Waals surface area contributed by atoms with Gasteiger partial charge in [-0.25, -0.2) is 9.59 Å². The zero-order valence-electron chi connectivity index (χ0n) is 19.1. The minimum absolute atomic E-state index is 0.0416. The second-order valence-electron chi connectivity index (χ2n) is 9.13. The second-order valence-corrected chi connectivity index (χ2v) is 9.13. The number of nitrogens with one attached hydrogen (secondary N) is 2. The van der Waals surface area contributed by atoms with Crippen LogP contribution in [0.25, 0.3) is 0 Å². The van der Waals surface area contributed by atoms with Gasteiger partial charge in [0.25, 0.3) is 11.5 Å². The molecule has 0 bridgehead atoms. The molecule has 1 aliphatic heterocycles. The highest BCUT2D eigenvalue weighted by Crippen LogP contribution is 2.26. The monoisotopic (exact) mass is 478 g/mol. The quantitative estimate of drug-likeness (QED) is 0.495. The number of amides is 1. The molecule has 35 heavy (non-hydrogen) atoms. The number of rotatable bonds is 6. The number of aromatic carboxylic acids is 1. The number of hydrogen-bond acceptors (Lipinski definition) is 6. The van der Waals surface area contributed by atoms with Crippen LogP contribution in [-0.4, -0.2) is 44.5 Å². The highest BCUT2D eigenvalue weighted by molar-refractivity contribution is 5.93. The second kappa shape index (κ2) is 9.28. The molecule has 0 saturated carbocycles. The summed E-state index contributed by atoms with van der Waals surface area (Å²) in [5.41, 5.74) is 2.52. The van der Waals surface area contributed by atoms with Crippen molar-refractivity contribution in [2.45, 2.75) is 38.6 Å². The van der Waals surface area contributed by atoms with Gasteiger partial charge in [-0.05, 0) is 73.4 Å². The number of fused-ring (bicyclic) bond motifs is 1. The Morgan fingerprint density at radius 3 is 2.63 bits per heavy atom. The van der Waals surface area contributed by atoms with Crippen LogP contribution in [0, 0.1) is 5.92 Å². The van der Waals surface area contributed by atoms with E-state index in [1.807, 2.05) is 6.07 Å². The first-order valence-electron chi connectivity index (χ1n) is 11.7. The molecule has 1 fully saturated rings. The molecule has 10 nitrogen and oxygen atoms in total. The molecule has 1 aromatic carbocycles. The minimum Gasteiger partial charge on any atom is -0.475 e. The number of carboxylic acids is 1. The molecule has 10 heteroatoms. The number of H-pyrrole nitrogens is 1. The fraction of sp³-hybridized carbons (Fsp3) is 0.360. The SMILES string of the molecule is O=C(O)c1ccc(C(=O)N2CCCC(Cn3c(=O)cc(Nc4ccc5c(c4)CCC5)[nH]c3=O)C2)o1. The number of furan rings is 1. The predicted octanol–water partition coefficient (Wildman–Crippen LogP) is 2.61. The molecule has 1 amide bonds. The Morgan fingerprint density at radius 2 is 1.86 bits per heavy atom. The smallest absolute Gasteiger partial charge is 0.371 e. The van der Waals surface area contributed by atoms with E-state index in [-0.39, 0.29) is 24.0 Å². The summed E-state index contributed by atoms with van der Waals surface area (Å²) in [5.74, 6) is -1.75. The number of nitrogens with zero attached hydrogens (tertiary/aromatic N) is 2. The van der Waals surface area contributed by atoms with Gasteiger partial charge in [-0.2, -0.15) is 0 Å². The van der Waals surface area contributed by atoms with Crippen molar-refractivity contribution in [2.75, 3.05) is 18.4 Å². The Kier molecular flexibility index (Phi) is 6.02. The summed E-state index contributed by atoms with van der Waals surface area (Å²) in [7, 11) is 0. The average Bonchev–Trinajstić information content (AvgIpc) is 3.51. The zero-order valence-corrected chi connectivity index (χ0v) is 19.1. The van der Waals surface area contributed by atoms with Crippen molar-refractivity contribution in [1.29, 1.82) is 0 Å². The molecule has 0 spiro atoms. The molecule has 3 heterocycles. The molecule has 182 valence electrons. The summed E-state index contributed by atoms with van der Waals surface area (Å²) in [6.07, 6.45) is 4.71. The van der Waals surface area contributed by atoms with Gasteiger partial charge in [0.1, 0.15) is 5.82 Å². The highest BCUT2D eigenvalue weighted by Gasteiger charge is 2.28. The molecule has 1 unspecified atom stereocenters. The molecular formula is C25H26N4O6. The molecule has 1 aliphatic carbocycles. The maximum atomic E-state index is 12.8. The molecule has 2 aromatic heterocycles. The largest absolute Gasteiger partial charge is 0.475 e. The van der Waals surface area contributed by atoms with E-state index < -0.39 is 23.1 Å². The molecule has 3 N–H and O–H groups in total. The van der Waals surface area contributed by atoms with E-state index in [4.69, 9.17) is 9.52 Å². The van der Waals surface area contributed by atoms with Gasteiger partial charge >= 0.3 is 11.7 Å². The van der Waals surface area contributed by atoms with Crippen molar-refractivity contribution in [3.63, 3.8) is 0 Å². The number of carbonyl (C=O) groups is 2. The number of likely N-dealkylation sites (tertiary alicyclic amines) is 1. The highest BCUT2D eigenvalue weighted by atomic mass is 16.4. The predicted molar refractivity (Wildman–Crippen MR) is 127 cm³/mol. The number of aromatic nitrogens is 2. The van der Waals surface area contributed by atoms with Crippen LogP contribution in [0.5, 0.6) is 0 Å². The lowest BCUT2D eigenvalue weighted by Crippen LogP contribution is -2.44. The zero-order chi connectivity index (χ0) is 24.5. The first kappa shape index (κ1) is 22.7. The molecule has 0 radical (unpaired) electrons. The van der Waals surface area contributed by atoms with Gasteiger partial charge in [0.15, 0.2) is 5.76 Å². The molecular weight excluding hydrogens is 452 g/mol. The van der Waals surface area contributed by atoms with Gasteiger partial charge < -0.3 is 19.7 Å². The van der Waals surface area contributed by atoms with Crippen molar-refractivity contribution in [2.24, 2.45) is 5.92 Å². The van der Waals surface area contributed by atoms with Crippen molar-refractivity contribution in [1.82, 2.24) is 14.5 Å². The van der Waals surface area contributed by atoms with Gasteiger partial charge in [-0.1, -0.05) is 6.07 Å². The molecule has 1 saturated heterocycles. The van der Waals surface area contributed by atoms with Gasteiger partial charge in [0, 0.05) is 31.4 Å². The molecule has 1 atom stereocenters. The van der Waals surface area contributed by atoms with Crippen molar-refractivity contribution in [3.05, 3.63) is 79.9 Å². The maximum absolute atomic E-state index is 12.8. The normalized spacial score (nSPS) is 17.3. The van der Waals surface area contributed by atoms with Crippen molar-refractivity contribution in [3.8, 4) is 0 Å². The minimum atomic E-state index is -1.24. The summed E-state index contributed by atoms with van der Waals surface area (Å²) in [5, 5.41) is 12.1. The fourth-order valence-electron chi connectivity index (χ4n) is 4.95. The summed E-state index contributed by atoms with van der Waals surface area (Å²) in [6.45, 7) is 1.01. The lowest BCUT2D eigenvalue weighted by atomic mass is 9.97. The van der Waals surface area contributed by atoms with Crippen molar-refractivity contribution < 1.29 is 19.1 Å². The Hall–Kier alpha value is -4.08. The third-order valence-corrected chi connectivity index (χ3v) is 6.67. The first-order valence-corrected chi connectivity index (χ1v) is 11.7. The van der Waals surface area contributed by atoms with Gasteiger partial charge in [0.05, 0.1) is 0 Å². The number of carbonyl (C=O) groups excluding carboxylic acids is 1. The number of piperidine rings is 1. The van der Waals surface area contributed by atoms with Crippen LogP contribution >= 0.6 is 0 Å². The lowest BCUT2D eigenvalue weighted by molar-refractivity contribution is 0.0610. The van der Waals surface area contributed by atoms with Crippen LogP contribution in [0.1, 0.15) is 51.5 Å². The third-order valence-electron chi connectivity index (χ3n) is 6.67. The van der Waals surface area contributed by atoms with E-state index >= 15 is 0 Å². The van der Waals surface area contributed by atoms with Gasteiger partial charge in [0.2, 0.25) is 5.76 Å². The third kappa shape index (κ3) is 4.77. The Morgan fingerprint density at radius 1 is 1.06 bits per heavy atom. The van der Waals surface area contributed by atoms with Gasteiger partial charge in [-0.15, -0.1) is 0 Å². The summed E-state index contributed by atoms with van der Waals surface area (Å²) in [6, 6.07) is 10.0. The Bertz CT molecular complexity index is 1370. The maximum Gasteiger partial charge on any atom is 0.371 e. The number of carboxylic acid groups (broad SMARTS) is 1. The summed E-state index contributed by atoms with van der Waals surface area (Å²) >= 11 is 0. The van der Waals surface area contributed by atoms with Crippen LogP contribution in [0.4, 0.5) is 11.5 Å². The molecule has 2 aliphatic rings. The van der Waals surface area contributed by atoms with Crippen LogP contribution in [0.3, 0.4) is 0 Å². The lowest BCUT2D eigenvalue weighted by Gasteiger charge is -2.32. The fourth-order valence-corrected chi connectivity index (χ4v) is 4.95. The molecule has 3 aromatic rings. The van der Waals surface area contributed by atoms with E-state index in [1.54, 1.807) is 4.90 Å². The van der Waals surface area contributed by atoms with Crippen LogP contribution in [-0.2, 0) is 19.4 Å². The van der Waals surface area contributed by atoms with E-state index in [1.165, 1.54) is 29.3 Å². The van der Waals surface area contributed by atoms with Crippen LogP contribution < -0.4 is 16.6 Å². The topological polar surface area (TPSA) is 138 Å².